The first-order valence-corrected chi connectivity index (χ1v) is 10.3. The van der Waals surface area contributed by atoms with E-state index in [-0.39, 0.29) is 11.2 Å². The van der Waals surface area contributed by atoms with Gasteiger partial charge in [0, 0.05) is 9.64 Å². The summed E-state index contributed by atoms with van der Waals surface area (Å²) in [5.74, 6) is 0.845. The summed E-state index contributed by atoms with van der Waals surface area (Å²) in [7, 11) is 1.53. The Morgan fingerprint density at radius 3 is 2.58 bits per heavy atom. The molecule has 154 valence electrons. The van der Waals surface area contributed by atoms with Gasteiger partial charge in [-0.25, -0.2) is 4.98 Å². The maximum absolute atomic E-state index is 13.5. The van der Waals surface area contributed by atoms with Crippen molar-refractivity contribution < 1.29 is 9.66 Å². The van der Waals surface area contributed by atoms with Gasteiger partial charge in [0.25, 0.3) is 11.2 Å². The summed E-state index contributed by atoms with van der Waals surface area (Å²) < 4.78 is 7.83. The van der Waals surface area contributed by atoms with Crippen molar-refractivity contribution >= 4 is 51.3 Å². The van der Waals surface area contributed by atoms with E-state index in [0.29, 0.717) is 33.7 Å². The first-order valence-electron chi connectivity index (χ1n) is 9.27. The molecule has 0 bridgehead atoms. The summed E-state index contributed by atoms with van der Waals surface area (Å²) >= 11 is 2.15. The number of benzene rings is 3. The highest BCUT2D eigenvalue weighted by Gasteiger charge is 2.16. The zero-order valence-corrected chi connectivity index (χ0v) is 18.5. The molecule has 8 heteroatoms. The van der Waals surface area contributed by atoms with Crippen LogP contribution in [-0.2, 0) is 0 Å². The number of nitro groups is 1. The van der Waals surface area contributed by atoms with Crippen LogP contribution in [0.2, 0.25) is 0 Å². The Hall–Kier alpha value is -3.53. The molecular formula is C23H16IN3O4. The number of hydrogen-bond acceptors (Lipinski definition) is 5. The minimum absolute atomic E-state index is 0.0275. The van der Waals surface area contributed by atoms with Crippen LogP contribution in [0.4, 0.5) is 5.69 Å². The fraction of sp³-hybridized carbons (Fsp3) is 0.0435. The molecule has 0 spiro atoms. The number of fused-ring (bicyclic) bond motifs is 1. The molecule has 0 unspecified atom stereocenters. The Balaban J connectivity index is 2.00. The van der Waals surface area contributed by atoms with Crippen molar-refractivity contribution in [1.29, 1.82) is 0 Å². The van der Waals surface area contributed by atoms with Crippen molar-refractivity contribution in [3.63, 3.8) is 0 Å². The molecule has 1 heterocycles. The van der Waals surface area contributed by atoms with Crippen molar-refractivity contribution in [2.75, 3.05) is 7.11 Å². The lowest BCUT2D eigenvalue weighted by molar-refractivity contribution is -0.385. The number of nitrogens with zero attached hydrogens (tertiary/aromatic N) is 3. The second-order valence-electron chi connectivity index (χ2n) is 6.59. The average molecular weight is 525 g/mol. The maximum Gasteiger partial charge on any atom is 0.276 e. The third-order valence-corrected chi connectivity index (χ3v) is 5.40. The van der Waals surface area contributed by atoms with Crippen LogP contribution < -0.4 is 10.3 Å². The van der Waals surface area contributed by atoms with E-state index in [4.69, 9.17) is 4.74 Å². The monoisotopic (exact) mass is 525 g/mol. The smallest absolute Gasteiger partial charge is 0.276 e. The van der Waals surface area contributed by atoms with Gasteiger partial charge in [-0.3, -0.25) is 19.5 Å². The molecule has 4 aromatic rings. The van der Waals surface area contributed by atoms with Crippen LogP contribution in [-0.4, -0.2) is 21.6 Å². The van der Waals surface area contributed by atoms with E-state index in [9.17, 15) is 14.9 Å². The minimum atomic E-state index is -0.442. The van der Waals surface area contributed by atoms with E-state index < -0.39 is 4.92 Å². The van der Waals surface area contributed by atoms with Crippen molar-refractivity contribution in [2.45, 2.75) is 0 Å². The van der Waals surface area contributed by atoms with Crippen LogP contribution in [0, 0.1) is 13.7 Å². The normalized spacial score (nSPS) is 11.2. The van der Waals surface area contributed by atoms with Gasteiger partial charge in [-0.05, 0) is 71.1 Å². The number of rotatable bonds is 5. The number of ether oxygens (including phenoxy) is 1. The van der Waals surface area contributed by atoms with Crippen LogP contribution in [0.1, 0.15) is 11.4 Å². The topological polar surface area (TPSA) is 87.3 Å². The third kappa shape index (κ3) is 4.06. The van der Waals surface area contributed by atoms with Crippen LogP contribution in [0.5, 0.6) is 5.75 Å². The summed E-state index contributed by atoms with van der Waals surface area (Å²) in [5.41, 5.74) is 1.20. The van der Waals surface area contributed by atoms with Gasteiger partial charge >= 0.3 is 0 Å². The fourth-order valence-electron chi connectivity index (χ4n) is 3.29. The Morgan fingerprint density at radius 1 is 1.06 bits per heavy atom. The standard InChI is InChI=1S/C23H16IN3O4/c1-31-21-9-5-4-8-20(21)26-22(13-10-15-6-2-3-7-19(15)27(29)30)25-18-12-11-16(24)14-17(18)23(26)28/h2-14H,1H3. The molecule has 3 aromatic carbocycles. The lowest BCUT2D eigenvalue weighted by Crippen LogP contribution is -2.23. The van der Waals surface area contributed by atoms with Gasteiger partial charge in [0.15, 0.2) is 0 Å². The molecule has 0 N–H and O–H groups in total. The van der Waals surface area contributed by atoms with Gasteiger partial charge in [-0.2, -0.15) is 0 Å². The van der Waals surface area contributed by atoms with Crippen LogP contribution in [0.15, 0.2) is 71.5 Å². The molecule has 4 rings (SSSR count). The molecule has 0 fully saturated rings. The zero-order valence-electron chi connectivity index (χ0n) is 16.4. The summed E-state index contributed by atoms with van der Waals surface area (Å²) in [4.78, 5) is 29.1. The second kappa shape index (κ2) is 8.68. The van der Waals surface area contributed by atoms with Crippen molar-refractivity contribution in [2.24, 2.45) is 0 Å². The Morgan fingerprint density at radius 2 is 1.81 bits per heavy atom. The summed E-state index contributed by atoms with van der Waals surface area (Å²) in [6.07, 6.45) is 3.19. The molecular weight excluding hydrogens is 509 g/mol. The number of methoxy groups -OCH3 is 1. The molecule has 0 aliphatic heterocycles. The molecule has 0 saturated carbocycles. The number of hydrogen-bond donors (Lipinski definition) is 0. The molecule has 0 radical (unpaired) electrons. The van der Waals surface area contributed by atoms with E-state index in [0.717, 1.165) is 3.57 Å². The highest BCUT2D eigenvalue weighted by atomic mass is 127. The number of nitro benzene ring substituents is 1. The molecule has 1 aromatic heterocycles. The molecule has 0 amide bonds. The number of halogens is 1. The van der Waals surface area contributed by atoms with E-state index in [1.807, 2.05) is 12.1 Å². The van der Waals surface area contributed by atoms with Crippen molar-refractivity contribution in [1.82, 2.24) is 9.55 Å². The fourth-order valence-corrected chi connectivity index (χ4v) is 3.78. The minimum Gasteiger partial charge on any atom is -0.495 e. The molecule has 0 saturated heterocycles. The molecule has 7 nitrogen and oxygen atoms in total. The first kappa shape index (κ1) is 20.7. The van der Waals surface area contributed by atoms with E-state index in [1.165, 1.54) is 17.7 Å². The first-order chi connectivity index (χ1) is 15.0. The van der Waals surface area contributed by atoms with Gasteiger partial charge in [0.1, 0.15) is 11.6 Å². The predicted molar refractivity (Wildman–Crippen MR) is 129 cm³/mol. The number of aromatic nitrogens is 2. The van der Waals surface area contributed by atoms with Gasteiger partial charge in [0.2, 0.25) is 0 Å². The number of para-hydroxylation sites is 3. The summed E-state index contributed by atoms with van der Waals surface area (Å²) in [6, 6.07) is 19.0. The Bertz CT molecular complexity index is 1400. The Kier molecular flexibility index (Phi) is 5.81. The molecule has 0 atom stereocenters. The quantitative estimate of drug-likeness (QED) is 0.206. The van der Waals surface area contributed by atoms with E-state index >= 15 is 0 Å². The van der Waals surface area contributed by atoms with Crippen molar-refractivity contribution in [3.05, 3.63) is 102 Å². The van der Waals surface area contributed by atoms with Crippen LogP contribution >= 0.6 is 22.6 Å². The van der Waals surface area contributed by atoms with Gasteiger partial charge in [-0.1, -0.05) is 24.3 Å². The van der Waals surface area contributed by atoms with Crippen molar-refractivity contribution in [3.8, 4) is 11.4 Å². The third-order valence-electron chi connectivity index (χ3n) is 4.73. The van der Waals surface area contributed by atoms with Crippen LogP contribution in [0.25, 0.3) is 28.7 Å². The molecule has 0 aliphatic rings. The summed E-state index contributed by atoms with van der Waals surface area (Å²) in [5, 5.41) is 11.8. The molecule has 31 heavy (non-hydrogen) atoms. The van der Waals surface area contributed by atoms with Gasteiger partial charge in [-0.15, -0.1) is 0 Å². The predicted octanol–water partition coefficient (Wildman–Crippen LogP) is 5.08. The maximum atomic E-state index is 13.5. The van der Waals surface area contributed by atoms with Crippen LogP contribution in [0.3, 0.4) is 0 Å². The van der Waals surface area contributed by atoms with E-state index in [2.05, 4.69) is 27.6 Å². The summed E-state index contributed by atoms with van der Waals surface area (Å²) in [6.45, 7) is 0. The highest BCUT2D eigenvalue weighted by Crippen LogP contribution is 2.25. The Labute approximate surface area is 190 Å². The highest BCUT2D eigenvalue weighted by molar-refractivity contribution is 14.1. The largest absolute Gasteiger partial charge is 0.495 e. The lowest BCUT2D eigenvalue weighted by atomic mass is 10.1. The second-order valence-corrected chi connectivity index (χ2v) is 7.84. The van der Waals surface area contributed by atoms with E-state index in [1.54, 1.807) is 60.7 Å². The van der Waals surface area contributed by atoms with Gasteiger partial charge < -0.3 is 4.74 Å². The van der Waals surface area contributed by atoms with Gasteiger partial charge in [0.05, 0.1) is 34.2 Å². The SMILES string of the molecule is COc1ccccc1-n1c(C=Cc2ccccc2[N+](=O)[O-])nc2ccc(I)cc2c1=O. The lowest BCUT2D eigenvalue weighted by Gasteiger charge is -2.14. The average Bonchev–Trinajstić information content (AvgIpc) is 2.78. The molecule has 0 aliphatic carbocycles. The zero-order chi connectivity index (χ0) is 22.0.